The second kappa shape index (κ2) is 6.91. The maximum absolute atomic E-state index is 14.9. The minimum Gasteiger partial charge on any atom is -0.314 e. The number of nitrogens with one attached hydrogen (secondary N) is 1. The number of para-hydroxylation sites is 1. The molecule has 6 nitrogen and oxygen atoms in total. The average molecular weight is 381 g/mol. The third kappa shape index (κ3) is 3.15. The summed E-state index contributed by atoms with van der Waals surface area (Å²) in [4.78, 5) is 7.75. The van der Waals surface area contributed by atoms with Crippen LogP contribution in [0.3, 0.4) is 0 Å². The minimum atomic E-state index is -4.09. The quantitative estimate of drug-likeness (QED) is 0.736. The molecule has 0 saturated carbocycles. The van der Waals surface area contributed by atoms with Crippen molar-refractivity contribution in [3.05, 3.63) is 65.5 Å². The molecule has 0 bridgehead atoms. The second-order valence-corrected chi connectivity index (χ2v) is 7.39. The Morgan fingerprint density at radius 1 is 1.24 bits per heavy atom. The van der Waals surface area contributed by atoms with E-state index in [9.17, 15) is 12.8 Å². The zero-order valence-electron chi connectivity index (χ0n) is 13.1. The largest absolute Gasteiger partial charge is 0.314 e. The third-order valence-corrected chi connectivity index (χ3v) is 5.42. The smallest absolute Gasteiger partial charge is 0.242 e. The van der Waals surface area contributed by atoms with E-state index in [1.807, 2.05) is 0 Å². The number of nitrogens with zero attached hydrogens (tertiary/aromatic N) is 3. The summed E-state index contributed by atoms with van der Waals surface area (Å²) in [7, 11) is -2.48. The van der Waals surface area contributed by atoms with Crippen molar-refractivity contribution in [2.75, 3.05) is 7.05 Å². The fourth-order valence-corrected chi connectivity index (χ4v) is 3.88. The van der Waals surface area contributed by atoms with Crippen LogP contribution in [0.5, 0.6) is 0 Å². The predicted molar refractivity (Wildman–Crippen MR) is 91.0 cm³/mol. The van der Waals surface area contributed by atoms with Gasteiger partial charge in [0.25, 0.3) is 0 Å². The Kier molecular flexibility index (Phi) is 4.85. The van der Waals surface area contributed by atoms with Crippen molar-refractivity contribution in [3.63, 3.8) is 0 Å². The molecule has 0 aliphatic rings. The molecule has 0 fully saturated rings. The van der Waals surface area contributed by atoms with E-state index in [1.165, 1.54) is 30.6 Å². The zero-order valence-corrected chi connectivity index (χ0v) is 14.7. The van der Waals surface area contributed by atoms with Crippen LogP contribution in [0.2, 0.25) is 5.02 Å². The van der Waals surface area contributed by atoms with Crippen LogP contribution in [0.25, 0.3) is 5.69 Å². The molecule has 0 spiro atoms. The molecule has 3 rings (SSSR count). The van der Waals surface area contributed by atoms with E-state index in [-0.39, 0.29) is 27.8 Å². The Labute approximate surface area is 149 Å². The van der Waals surface area contributed by atoms with Gasteiger partial charge in [0.15, 0.2) is 0 Å². The van der Waals surface area contributed by atoms with Gasteiger partial charge in [0, 0.05) is 18.9 Å². The second-order valence-electron chi connectivity index (χ2n) is 5.14. The molecule has 0 radical (unpaired) electrons. The first-order valence-electron chi connectivity index (χ1n) is 7.28. The maximum atomic E-state index is 14.9. The Morgan fingerprint density at radius 2 is 2.00 bits per heavy atom. The first kappa shape index (κ1) is 17.5. The molecule has 1 aromatic carbocycles. The number of imidazole rings is 1. The summed E-state index contributed by atoms with van der Waals surface area (Å²) in [6.07, 6.45) is 2.64. The lowest BCUT2D eigenvalue weighted by atomic mass is 10.3. The summed E-state index contributed by atoms with van der Waals surface area (Å²) in [5.74, 6) is -0.787. The summed E-state index contributed by atoms with van der Waals surface area (Å²) in [6.45, 7) is 0.0683. The van der Waals surface area contributed by atoms with Crippen LogP contribution >= 0.6 is 11.6 Å². The molecule has 0 atom stereocenters. The summed E-state index contributed by atoms with van der Waals surface area (Å²) in [5, 5.41) is 2.52. The summed E-state index contributed by atoms with van der Waals surface area (Å²) < 4.78 is 41.7. The summed E-state index contributed by atoms with van der Waals surface area (Å²) in [6, 6.07) is 9.25. The topological polar surface area (TPSA) is 76.9 Å². The van der Waals surface area contributed by atoms with E-state index in [4.69, 9.17) is 11.6 Å². The number of benzene rings is 1. The lowest BCUT2D eigenvalue weighted by Gasteiger charge is -2.10. The predicted octanol–water partition coefficient (Wildman–Crippen LogP) is 2.61. The SMILES string of the molecule is CNCc1nc(S(=O)(=O)c2cccnc2)n(-c2ccccc2Cl)c1F. The molecule has 9 heteroatoms. The van der Waals surface area contributed by atoms with Gasteiger partial charge in [-0.05, 0) is 31.3 Å². The Hall–Kier alpha value is -2.29. The van der Waals surface area contributed by atoms with Crippen LogP contribution in [0, 0.1) is 5.95 Å². The van der Waals surface area contributed by atoms with Gasteiger partial charge in [0.05, 0.1) is 15.6 Å². The van der Waals surface area contributed by atoms with E-state index in [0.717, 1.165) is 4.57 Å². The monoisotopic (exact) mass is 380 g/mol. The van der Waals surface area contributed by atoms with Crippen molar-refractivity contribution in [1.82, 2.24) is 19.9 Å². The first-order chi connectivity index (χ1) is 12.0. The van der Waals surface area contributed by atoms with Crippen LogP contribution in [-0.2, 0) is 16.4 Å². The van der Waals surface area contributed by atoms with Crippen LogP contribution < -0.4 is 5.32 Å². The molecule has 3 aromatic rings. The van der Waals surface area contributed by atoms with E-state index < -0.39 is 20.9 Å². The van der Waals surface area contributed by atoms with E-state index in [0.29, 0.717) is 0 Å². The maximum Gasteiger partial charge on any atom is 0.242 e. The van der Waals surface area contributed by atoms with Crippen LogP contribution in [0.4, 0.5) is 4.39 Å². The van der Waals surface area contributed by atoms with Gasteiger partial charge in [0.1, 0.15) is 5.69 Å². The fourth-order valence-electron chi connectivity index (χ4n) is 2.34. The van der Waals surface area contributed by atoms with Gasteiger partial charge in [-0.1, -0.05) is 23.7 Å². The third-order valence-electron chi connectivity index (χ3n) is 3.48. The van der Waals surface area contributed by atoms with Crippen molar-refractivity contribution in [2.24, 2.45) is 0 Å². The number of aromatic nitrogens is 3. The van der Waals surface area contributed by atoms with Crippen molar-refractivity contribution in [1.29, 1.82) is 0 Å². The number of hydrogen-bond acceptors (Lipinski definition) is 5. The molecule has 25 heavy (non-hydrogen) atoms. The highest BCUT2D eigenvalue weighted by Gasteiger charge is 2.30. The van der Waals surface area contributed by atoms with Gasteiger partial charge >= 0.3 is 0 Å². The number of rotatable bonds is 5. The van der Waals surface area contributed by atoms with Gasteiger partial charge in [-0.25, -0.2) is 13.4 Å². The normalized spacial score (nSPS) is 11.6. The van der Waals surface area contributed by atoms with E-state index >= 15 is 0 Å². The molecule has 0 aliphatic heterocycles. The molecule has 130 valence electrons. The molecular weight excluding hydrogens is 367 g/mol. The number of hydrogen-bond donors (Lipinski definition) is 1. The van der Waals surface area contributed by atoms with E-state index in [2.05, 4.69) is 15.3 Å². The highest BCUT2D eigenvalue weighted by molar-refractivity contribution is 7.91. The molecule has 2 aromatic heterocycles. The molecule has 0 unspecified atom stereocenters. The van der Waals surface area contributed by atoms with Crippen molar-refractivity contribution in [3.8, 4) is 5.69 Å². The van der Waals surface area contributed by atoms with Crippen LogP contribution in [0.1, 0.15) is 5.69 Å². The lowest BCUT2D eigenvalue weighted by molar-refractivity contribution is 0.523. The molecule has 1 N–H and O–H groups in total. The highest BCUT2D eigenvalue weighted by Crippen LogP contribution is 2.29. The zero-order chi connectivity index (χ0) is 18.0. The molecule has 0 aliphatic carbocycles. The van der Waals surface area contributed by atoms with Gasteiger partial charge in [0.2, 0.25) is 20.9 Å². The van der Waals surface area contributed by atoms with Crippen molar-refractivity contribution < 1.29 is 12.8 Å². The molecule has 2 heterocycles. The van der Waals surface area contributed by atoms with Gasteiger partial charge < -0.3 is 5.32 Å². The molecular formula is C16H14ClFN4O2S. The average Bonchev–Trinajstić information content (AvgIpc) is 2.94. The van der Waals surface area contributed by atoms with Crippen molar-refractivity contribution in [2.45, 2.75) is 16.6 Å². The fraction of sp³-hybridized carbons (Fsp3) is 0.125. The Balaban J connectivity index is 2.30. The standard InChI is InChI=1S/C16H14ClFN4O2S/c1-19-10-13-15(18)22(14-7-3-2-6-12(14)17)16(21-13)25(23,24)11-5-4-8-20-9-11/h2-9,19H,10H2,1H3. The highest BCUT2D eigenvalue weighted by atomic mass is 35.5. The van der Waals surface area contributed by atoms with Crippen molar-refractivity contribution >= 4 is 21.4 Å². The van der Waals surface area contributed by atoms with E-state index in [1.54, 1.807) is 25.2 Å². The molecule has 0 saturated heterocycles. The summed E-state index contributed by atoms with van der Waals surface area (Å²) in [5.41, 5.74) is 0.170. The summed E-state index contributed by atoms with van der Waals surface area (Å²) >= 11 is 6.15. The minimum absolute atomic E-state index is 0.0233. The lowest BCUT2D eigenvalue weighted by Crippen LogP contribution is -2.12. The van der Waals surface area contributed by atoms with Gasteiger partial charge in [-0.3, -0.25) is 9.55 Å². The van der Waals surface area contributed by atoms with Gasteiger partial charge in [-0.15, -0.1) is 0 Å². The first-order valence-corrected chi connectivity index (χ1v) is 9.14. The van der Waals surface area contributed by atoms with Crippen LogP contribution in [0.15, 0.2) is 58.8 Å². The van der Waals surface area contributed by atoms with Gasteiger partial charge in [-0.2, -0.15) is 4.39 Å². The Bertz CT molecular complexity index is 1010. The number of halogens is 2. The number of pyridine rings is 1. The van der Waals surface area contributed by atoms with Crippen LogP contribution in [-0.4, -0.2) is 30.0 Å². The Morgan fingerprint density at radius 3 is 2.64 bits per heavy atom. The number of sulfone groups is 1. The molecule has 0 amide bonds.